The zero-order valence-electron chi connectivity index (χ0n) is 14.6. The highest BCUT2D eigenvalue weighted by molar-refractivity contribution is 7.16. The highest BCUT2D eigenvalue weighted by Crippen LogP contribution is 2.33. The van der Waals surface area contributed by atoms with Gasteiger partial charge in [0.25, 0.3) is 5.56 Å². The fourth-order valence-electron chi connectivity index (χ4n) is 3.67. The number of fused-ring (bicyclic) bond motifs is 2. The first kappa shape index (κ1) is 16.4. The van der Waals surface area contributed by atoms with Crippen molar-refractivity contribution in [3.63, 3.8) is 0 Å². The Bertz CT molecular complexity index is 961. The van der Waals surface area contributed by atoms with Crippen LogP contribution in [-0.4, -0.2) is 26.5 Å². The summed E-state index contributed by atoms with van der Waals surface area (Å²) < 4.78 is 1.42. The second kappa shape index (κ2) is 6.69. The lowest BCUT2D eigenvalue weighted by atomic mass is 9.87. The molecule has 130 valence electrons. The molecular weight excluding hydrogens is 332 g/mol. The van der Waals surface area contributed by atoms with Crippen molar-refractivity contribution in [3.05, 3.63) is 62.5 Å². The minimum absolute atomic E-state index is 0.0894. The van der Waals surface area contributed by atoms with E-state index in [-0.39, 0.29) is 5.56 Å². The second-order valence-corrected chi connectivity index (χ2v) is 7.69. The van der Waals surface area contributed by atoms with Gasteiger partial charge in [-0.1, -0.05) is 42.5 Å². The summed E-state index contributed by atoms with van der Waals surface area (Å²) in [6, 6.07) is 10.7. The summed E-state index contributed by atoms with van der Waals surface area (Å²) in [6.45, 7) is 2.71. The topological polar surface area (TPSA) is 50.5 Å². The van der Waals surface area contributed by atoms with Crippen LogP contribution >= 0.6 is 11.3 Å². The fourth-order valence-corrected chi connectivity index (χ4v) is 4.53. The highest BCUT2D eigenvalue weighted by Gasteiger charge is 2.24. The Morgan fingerprint density at radius 3 is 3.04 bits per heavy atom. The molecular formula is C19H22N4OS. The van der Waals surface area contributed by atoms with Crippen LogP contribution in [0.5, 0.6) is 0 Å². The van der Waals surface area contributed by atoms with Crippen molar-refractivity contribution in [3.8, 4) is 0 Å². The molecule has 3 aromatic rings. The van der Waals surface area contributed by atoms with Gasteiger partial charge in [0.1, 0.15) is 5.01 Å². The monoisotopic (exact) mass is 354 g/mol. The molecule has 1 aliphatic carbocycles. The second-order valence-electron chi connectivity index (χ2n) is 6.65. The van der Waals surface area contributed by atoms with Gasteiger partial charge in [0, 0.05) is 18.7 Å². The number of rotatable bonds is 4. The summed E-state index contributed by atoms with van der Waals surface area (Å²) in [5, 5.41) is 5.26. The molecule has 25 heavy (non-hydrogen) atoms. The molecule has 5 nitrogen and oxygen atoms in total. The van der Waals surface area contributed by atoms with Crippen LogP contribution in [0.25, 0.3) is 4.96 Å². The first-order valence-corrected chi connectivity index (χ1v) is 9.64. The Hall–Kier alpha value is -2.05. The zero-order chi connectivity index (χ0) is 17.4. The number of benzene rings is 1. The Morgan fingerprint density at radius 1 is 1.36 bits per heavy atom. The minimum atomic E-state index is -0.0894. The van der Waals surface area contributed by atoms with Crippen molar-refractivity contribution in [2.45, 2.75) is 45.2 Å². The molecule has 0 bridgehead atoms. The van der Waals surface area contributed by atoms with Crippen LogP contribution in [0.15, 0.2) is 35.1 Å². The van der Waals surface area contributed by atoms with Gasteiger partial charge in [-0.05, 0) is 43.9 Å². The average Bonchev–Trinajstić information content (AvgIpc) is 3.05. The molecule has 0 saturated carbocycles. The molecule has 2 aromatic heterocycles. The first-order chi connectivity index (χ1) is 12.2. The molecule has 1 atom stereocenters. The summed E-state index contributed by atoms with van der Waals surface area (Å²) in [5.41, 5.74) is 3.60. The van der Waals surface area contributed by atoms with Crippen LogP contribution in [0.2, 0.25) is 0 Å². The van der Waals surface area contributed by atoms with Gasteiger partial charge in [0.15, 0.2) is 0 Å². The summed E-state index contributed by atoms with van der Waals surface area (Å²) in [5.74, 6) is 0. The highest BCUT2D eigenvalue weighted by atomic mass is 32.1. The molecule has 4 rings (SSSR count). The Labute approximate surface area is 151 Å². The quantitative estimate of drug-likeness (QED) is 0.722. The Kier molecular flexibility index (Phi) is 4.39. The summed E-state index contributed by atoms with van der Waals surface area (Å²) >= 11 is 1.50. The van der Waals surface area contributed by atoms with Crippen molar-refractivity contribution < 1.29 is 0 Å². The van der Waals surface area contributed by atoms with Crippen LogP contribution in [-0.2, 0) is 19.4 Å². The number of aryl methyl sites for hydroxylation is 2. The summed E-state index contributed by atoms with van der Waals surface area (Å²) in [6.07, 6.45) is 4.33. The van der Waals surface area contributed by atoms with Gasteiger partial charge in [-0.15, -0.1) is 0 Å². The number of aromatic nitrogens is 3. The average molecular weight is 354 g/mol. The maximum atomic E-state index is 12.3. The number of nitrogens with zero attached hydrogens (tertiary/aromatic N) is 4. The van der Waals surface area contributed by atoms with Crippen molar-refractivity contribution in [1.29, 1.82) is 0 Å². The summed E-state index contributed by atoms with van der Waals surface area (Å²) in [4.78, 5) is 20.0. The lowest BCUT2D eigenvalue weighted by molar-refractivity contribution is 0.211. The fraction of sp³-hybridized carbons (Fsp3) is 0.421. The molecule has 2 heterocycles. The SMILES string of the molecule is CCc1nn2c(=O)cc(CN(C)C3CCCc4ccccc43)nc2s1. The summed E-state index contributed by atoms with van der Waals surface area (Å²) in [7, 11) is 2.13. The molecule has 0 spiro atoms. The molecule has 1 unspecified atom stereocenters. The van der Waals surface area contributed by atoms with Gasteiger partial charge in [0.2, 0.25) is 4.96 Å². The largest absolute Gasteiger partial charge is 0.294 e. The first-order valence-electron chi connectivity index (χ1n) is 8.82. The van der Waals surface area contributed by atoms with Gasteiger partial charge < -0.3 is 0 Å². The van der Waals surface area contributed by atoms with Crippen molar-refractivity contribution in [2.24, 2.45) is 0 Å². The number of hydrogen-bond acceptors (Lipinski definition) is 5. The van der Waals surface area contributed by atoms with Crippen LogP contribution in [0.3, 0.4) is 0 Å². The van der Waals surface area contributed by atoms with Crippen molar-refractivity contribution in [1.82, 2.24) is 19.5 Å². The van der Waals surface area contributed by atoms with Crippen LogP contribution in [0, 0.1) is 0 Å². The molecule has 1 aromatic carbocycles. The van der Waals surface area contributed by atoms with Crippen molar-refractivity contribution >= 4 is 16.3 Å². The minimum Gasteiger partial charge on any atom is -0.294 e. The van der Waals surface area contributed by atoms with E-state index < -0.39 is 0 Å². The van der Waals surface area contributed by atoms with E-state index in [9.17, 15) is 4.79 Å². The van der Waals surface area contributed by atoms with E-state index in [1.165, 1.54) is 33.4 Å². The van der Waals surface area contributed by atoms with Gasteiger partial charge in [0.05, 0.1) is 5.69 Å². The van der Waals surface area contributed by atoms with Gasteiger partial charge in [-0.3, -0.25) is 9.69 Å². The molecule has 6 heteroatoms. The third-order valence-corrected chi connectivity index (χ3v) is 5.98. The maximum absolute atomic E-state index is 12.3. The normalized spacial score (nSPS) is 17.2. The smallest absolute Gasteiger partial charge is 0.275 e. The van der Waals surface area contributed by atoms with E-state index >= 15 is 0 Å². The molecule has 0 amide bonds. The lowest BCUT2D eigenvalue weighted by Crippen LogP contribution is -2.28. The van der Waals surface area contributed by atoms with E-state index in [2.05, 4.69) is 46.3 Å². The third kappa shape index (κ3) is 3.12. The molecule has 1 aliphatic rings. The van der Waals surface area contributed by atoms with Gasteiger partial charge in [-0.2, -0.15) is 9.61 Å². The molecule has 0 aliphatic heterocycles. The Morgan fingerprint density at radius 2 is 2.20 bits per heavy atom. The van der Waals surface area contributed by atoms with Crippen LogP contribution < -0.4 is 5.56 Å². The van der Waals surface area contributed by atoms with E-state index in [4.69, 9.17) is 0 Å². The predicted molar refractivity (Wildman–Crippen MR) is 100 cm³/mol. The van der Waals surface area contributed by atoms with Crippen LogP contribution in [0.4, 0.5) is 0 Å². The van der Waals surface area contributed by atoms with Crippen molar-refractivity contribution in [2.75, 3.05) is 7.05 Å². The standard InChI is InChI=1S/C19H22N4OS/c1-3-17-21-23-18(24)11-14(20-19(23)25-17)12-22(2)16-10-6-8-13-7-4-5-9-15(13)16/h4-5,7,9,11,16H,3,6,8,10,12H2,1-2H3. The van der Waals surface area contributed by atoms with E-state index in [0.29, 0.717) is 17.5 Å². The molecule has 0 radical (unpaired) electrons. The van der Waals surface area contributed by atoms with Crippen LogP contribution in [0.1, 0.15) is 47.6 Å². The zero-order valence-corrected chi connectivity index (χ0v) is 15.4. The van der Waals surface area contributed by atoms with Gasteiger partial charge in [-0.25, -0.2) is 4.98 Å². The molecule has 0 saturated heterocycles. The molecule has 0 fully saturated rings. The lowest BCUT2D eigenvalue weighted by Gasteiger charge is -2.33. The van der Waals surface area contributed by atoms with E-state index in [0.717, 1.165) is 30.0 Å². The van der Waals surface area contributed by atoms with E-state index in [1.54, 1.807) is 6.07 Å². The maximum Gasteiger partial charge on any atom is 0.275 e. The van der Waals surface area contributed by atoms with E-state index in [1.807, 2.05) is 6.92 Å². The number of hydrogen-bond donors (Lipinski definition) is 0. The van der Waals surface area contributed by atoms with Gasteiger partial charge >= 0.3 is 0 Å². The Balaban J connectivity index is 1.62. The third-order valence-electron chi connectivity index (χ3n) is 4.92. The predicted octanol–water partition coefficient (Wildman–Crippen LogP) is 3.22. The molecule has 0 N–H and O–H groups in total.